The molecular weight excluding hydrogens is 173 g/mol. The Balaban J connectivity index is 3.02. The Hall–Kier alpha value is -1.45. The van der Waals surface area contributed by atoms with Crippen molar-refractivity contribution in [2.45, 2.75) is 6.92 Å². The van der Waals surface area contributed by atoms with E-state index in [0.29, 0.717) is 5.88 Å². The zero-order chi connectivity index (χ0) is 9.84. The summed E-state index contributed by atoms with van der Waals surface area (Å²) in [5.41, 5.74) is 1.00. The summed E-state index contributed by atoms with van der Waals surface area (Å²) in [4.78, 5) is 14.8. The minimum Gasteiger partial charge on any atom is -0.481 e. The van der Waals surface area contributed by atoms with Crippen LogP contribution in [0.1, 0.15) is 15.9 Å². The Morgan fingerprint density at radius 3 is 2.85 bits per heavy atom. The van der Waals surface area contributed by atoms with Crippen molar-refractivity contribution in [2.24, 2.45) is 0 Å². The third kappa shape index (κ3) is 2.02. The number of aryl methyl sites for hydroxylation is 1. The predicted molar refractivity (Wildman–Crippen MR) is 45.8 cm³/mol. The van der Waals surface area contributed by atoms with E-state index >= 15 is 0 Å². The Labute approximate surface area is 75.6 Å². The van der Waals surface area contributed by atoms with E-state index in [1.807, 2.05) is 0 Å². The third-order valence-electron chi connectivity index (χ3n) is 1.67. The number of alkyl halides is 1. The van der Waals surface area contributed by atoms with Gasteiger partial charge in [-0.15, -0.1) is 0 Å². The van der Waals surface area contributed by atoms with Crippen LogP contribution in [0.3, 0.4) is 0 Å². The number of aromatic nitrogens is 1. The minimum atomic E-state index is -0.993. The molecule has 1 heterocycles. The van der Waals surface area contributed by atoms with Gasteiger partial charge < -0.3 is 4.74 Å². The van der Waals surface area contributed by atoms with Crippen LogP contribution in [-0.4, -0.2) is 24.6 Å². The van der Waals surface area contributed by atoms with Crippen LogP contribution in [-0.2, 0) is 0 Å². The highest BCUT2D eigenvalue weighted by Crippen LogP contribution is 2.14. The highest BCUT2D eigenvalue weighted by Gasteiger charge is 2.08. The van der Waals surface area contributed by atoms with E-state index in [0.717, 1.165) is 5.56 Å². The van der Waals surface area contributed by atoms with Gasteiger partial charge in [0.1, 0.15) is 0 Å². The number of nitrogens with zero attached hydrogens (tertiary/aromatic N) is 1. The monoisotopic (exact) mass is 183 g/mol. The average Bonchev–Trinajstić information content (AvgIpc) is 2.16. The smallest absolute Gasteiger partial charge is 0.215 e. The van der Waals surface area contributed by atoms with E-state index in [1.54, 1.807) is 13.0 Å². The number of ketones is 1. The maximum Gasteiger partial charge on any atom is 0.215 e. The van der Waals surface area contributed by atoms with Crippen LogP contribution in [0.2, 0.25) is 0 Å². The summed E-state index contributed by atoms with van der Waals surface area (Å²) < 4.78 is 16.9. The fourth-order valence-electron chi connectivity index (χ4n) is 1.01. The Morgan fingerprint density at radius 2 is 2.38 bits per heavy atom. The zero-order valence-electron chi connectivity index (χ0n) is 7.50. The molecule has 0 aliphatic rings. The molecule has 0 N–H and O–H groups in total. The molecule has 0 saturated heterocycles. The van der Waals surface area contributed by atoms with Gasteiger partial charge in [0.25, 0.3) is 0 Å². The highest BCUT2D eigenvalue weighted by atomic mass is 19.1. The summed E-state index contributed by atoms with van der Waals surface area (Å²) in [5, 5.41) is 0. The van der Waals surface area contributed by atoms with Gasteiger partial charge in [-0.1, -0.05) is 0 Å². The second-order valence-corrected chi connectivity index (χ2v) is 2.61. The zero-order valence-corrected chi connectivity index (χ0v) is 7.50. The molecule has 0 aliphatic heterocycles. The van der Waals surface area contributed by atoms with Crippen LogP contribution in [0.15, 0.2) is 12.3 Å². The lowest BCUT2D eigenvalue weighted by atomic mass is 10.1. The van der Waals surface area contributed by atoms with Crippen molar-refractivity contribution < 1.29 is 13.9 Å². The van der Waals surface area contributed by atoms with Crippen molar-refractivity contribution in [2.75, 3.05) is 13.8 Å². The fourth-order valence-corrected chi connectivity index (χ4v) is 1.01. The first-order valence-corrected chi connectivity index (χ1v) is 3.79. The molecule has 1 rings (SSSR count). The number of ether oxygens (including phenoxy) is 1. The number of hydrogen-bond donors (Lipinski definition) is 0. The molecule has 0 amide bonds. The first-order chi connectivity index (χ1) is 6.19. The van der Waals surface area contributed by atoms with E-state index in [1.165, 1.54) is 13.3 Å². The number of rotatable bonds is 3. The lowest BCUT2D eigenvalue weighted by molar-refractivity contribution is 0.0958. The van der Waals surface area contributed by atoms with Gasteiger partial charge in [0.15, 0.2) is 12.5 Å². The molecular formula is C9H10FNO2. The second kappa shape index (κ2) is 3.98. The van der Waals surface area contributed by atoms with Gasteiger partial charge in [-0.2, -0.15) is 0 Å². The van der Waals surface area contributed by atoms with Crippen LogP contribution in [0.4, 0.5) is 4.39 Å². The molecule has 0 bridgehead atoms. The van der Waals surface area contributed by atoms with Crippen LogP contribution in [0.25, 0.3) is 0 Å². The van der Waals surface area contributed by atoms with Crippen molar-refractivity contribution >= 4 is 5.78 Å². The lowest BCUT2D eigenvalue weighted by Gasteiger charge is -2.03. The molecule has 0 aliphatic carbocycles. The van der Waals surface area contributed by atoms with Crippen LogP contribution in [0, 0.1) is 6.92 Å². The second-order valence-electron chi connectivity index (χ2n) is 2.61. The number of pyridine rings is 1. The number of carbonyl (C=O) groups excluding carboxylic acids is 1. The van der Waals surface area contributed by atoms with Gasteiger partial charge in [0.05, 0.1) is 7.11 Å². The third-order valence-corrected chi connectivity index (χ3v) is 1.67. The number of carbonyl (C=O) groups is 1. The quantitative estimate of drug-likeness (QED) is 0.667. The molecule has 13 heavy (non-hydrogen) atoms. The topological polar surface area (TPSA) is 39.2 Å². The molecule has 0 saturated carbocycles. The van der Waals surface area contributed by atoms with Gasteiger partial charge in [0, 0.05) is 17.3 Å². The highest BCUT2D eigenvalue weighted by molar-refractivity contribution is 5.96. The molecule has 0 atom stereocenters. The Bertz CT molecular complexity index is 325. The molecule has 3 nitrogen and oxygen atoms in total. The fraction of sp³-hybridized carbons (Fsp3) is 0.333. The summed E-state index contributed by atoms with van der Waals surface area (Å²) >= 11 is 0. The predicted octanol–water partition coefficient (Wildman–Crippen LogP) is 1.55. The number of methoxy groups -OCH3 is 1. The van der Waals surface area contributed by atoms with Crippen LogP contribution >= 0.6 is 0 Å². The summed E-state index contributed by atoms with van der Waals surface area (Å²) in [5.74, 6) is -0.103. The maximum atomic E-state index is 12.0. The normalized spacial score (nSPS) is 9.77. The summed E-state index contributed by atoms with van der Waals surface area (Å²) in [6.07, 6.45) is 1.31. The van der Waals surface area contributed by atoms with E-state index in [9.17, 15) is 9.18 Å². The Kier molecular flexibility index (Phi) is 2.95. The molecule has 0 unspecified atom stereocenters. The molecule has 1 aromatic heterocycles. The molecule has 0 fully saturated rings. The van der Waals surface area contributed by atoms with Crippen molar-refractivity contribution in [1.82, 2.24) is 4.98 Å². The van der Waals surface area contributed by atoms with Crippen molar-refractivity contribution in [3.63, 3.8) is 0 Å². The van der Waals surface area contributed by atoms with Gasteiger partial charge >= 0.3 is 0 Å². The van der Waals surface area contributed by atoms with E-state index in [2.05, 4.69) is 4.98 Å². The standard InChI is InChI=1S/C9H10FNO2/c1-6-3-7(8(12)4-10)5-11-9(6)13-2/h3,5H,4H2,1-2H3. The van der Waals surface area contributed by atoms with E-state index in [4.69, 9.17) is 4.74 Å². The number of hydrogen-bond acceptors (Lipinski definition) is 3. The first-order valence-electron chi connectivity index (χ1n) is 3.79. The molecule has 1 aromatic rings. The van der Waals surface area contributed by atoms with Gasteiger partial charge in [-0.25, -0.2) is 9.37 Å². The van der Waals surface area contributed by atoms with Crippen LogP contribution in [0.5, 0.6) is 5.88 Å². The first kappa shape index (κ1) is 9.64. The van der Waals surface area contributed by atoms with Gasteiger partial charge in [-0.05, 0) is 13.0 Å². The SMILES string of the molecule is COc1ncc(C(=O)CF)cc1C. The number of Topliss-reactive ketones (excluding diaryl/α,β-unsaturated/α-hetero) is 1. The summed E-state index contributed by atoms with van der Waals surface area (Å²) in [6, 6.07) is 1.56. The minimum absolute atomic E-state index is 0.279. The molecule has 0 aromatic carbocycles. The number of halogens is 1. The van der Waals surface area contributed by atoms with Crippen molar-refractivity contribution in [1.29, 1.82) is 0 Å². The van der Waals surface area contributed by atoms with E-state index in [-0.39, 0.29) is 5.56 Å². The van der Waals surface area contributed by atoms with Gasteiger partial charge in [-0.3, -0.25) is 4.79 Å². The largest absolute Gasteiger partial charge is 0.481 e. The summed E-state index contributed by atoms with van der Waals surface area (Å²) in [7, 11) is 1.49. The van der Waals surface area contributed by atoms with Gasteiger partial charge in [0.2, 0.25) is 5.88 Å². The molecule has 0 radical (unpaired) electrons. The lowest BCUT2D eigenvalue weighted by Crippen LogP contribution is -2.03. The van der Waals surface area contributed by atoms with Crippen molar-refractivity contribution in [3.8, 4) is 5.88 Å². The van der Waals surface area contributed by atoms with Crippen LogP contribution < -0.4 is 4.74 Å². The van der Waals surface area contributed by atoms with Crippen molar-refractivity contribution in [3.05, 3.63) is 23.4 Å². The maximum absolute atomic E-state index is 12.0. The Morgan fingerprint density at radius 1 is 1.69 bits per heavy atom. The average molecular weight is 183 g/mol. The molecule has 4 heteroatoms. The molecule has 70 valence electrons. The van der Waals surface area contributed by atoms with E-state index < -0.39 is 12.5 Å². The summed E-state index contributed by atoms with van der Waals surface area (Å²) in [6.45, 7) is 0.758. The molecule has 0 spiro atoms.